The van der Waals surface area contributed by atoms with E-state index in [4.69, 9.17) is 9.72 Å². The fourth-order valence-corrected chi connectivity index (χ4v) is 6.67. The van der Waals surface area contributed by atoms with Gasteiger partial charge in [-0.1, -0.05) is 11.3 Å². The zero-order valence-corrected chi connectivity index (χ0v) is 19.3. The number of aliphatic hydroxyl groups is 2. The number of ether oxygens (including phenoxy) is 1. The van der Waals surface area contributed by atoms with Crippen LogP contribution in [0.25, 0.3) is 16.2 Å². The normalized spacial score (nSPS) is 23.7. The summed E-state index contributed by atoms with van der Waals surface area (Å²) in [5, 5.41) is 20.2. The third-order valence-corrected chi connectivity index (χ3v) is 8.73. The Kier molecular flexibility index (Phi) is 5.42. The summed E-state index contributed by atoms with van der Waals surface area (Å²) in [5.41, 5.74) is 2.03. The first-order valence-electron chi connectivity index (χ1n) is 10.6. The maximum absolute atomic E-state index is 13.2. The lowest BCUT2D eigenvalue weighted by atomic mass is 9.94. The molecule has 5 rings (SSSR count). The Balaban J connectivity index is 1.48. The summed E-state index contributed by atoms with van der Waals surface area (Å²) in [6.45, 7) is 1.97. The Morgan fingerprint density at radius 3 is 2.71 bits per heavy atom. The Morgan fingerprint density at radius 2 is 2.03 bits per heavy atom. The van der Waals surface area contributed by atoms with Crippen LogP contribution in [-0.2, 0) is 16.6 Å². The van der Waals surface area contributed by atoms with Gasteiger partial charge in [-0.15, -0.1) is 0 Å². The second-order valence-corrected chi connectivity index (χ2v) is 10.8. The number of aliphatic hydroxyl groups excluding tert-OH is 1. The summed E-state index contributed by atoms with van der Waals surface area (Å²) in [6, 6.07) is 5.81. The SMILES string of the molecule is COc1ccc(-c2c(C)nc3sc(C4(O)CC4)cn23)cc1S(=O)NC1CCC(O)CC1. The molecule has 2 aliphatic rings. The van der Waals surface area contributed by atoms with Crippen molar-refractivity contribution in [2.24, 2.45) is 0 Å². The van der Waals surface area contributed by atoms with Gasteiger partial charge >= 0.3 is 0 Å². The van der Waals surface area contributed by atoms with Crippen molar-refractivity contribution in [2.45, 2.75) is 68.1 Å². The first-order chi connectivity index (χ1) is 14.9. The van der Waals surface area contributed by atoms with Crippen LogP contribution in [0.1, 0.15) is 49.1 Å². The molecule has 2 aromatic heterocycles. The van der Waals surface area contributed by atoms with Crippen molar-refractivity contribution in [1.29, 1.82) is 0 Å². The molecule has 3 aromatic rings. The Hall–Kier alpha value is -1.78. The van der Waals surface area contributed by atoms with Crippen LogP contribution in [0, 0.1) is 6.92 Å². The molecule has 1 aromatic carbocycles. The summed E-state index contributed by atoms with van der Waals surface area (Å²) in [5.74, 6) is 0.571. The van der Waals surface area contributed by atoms with Crippen molar-refractivity contribution in [2.75, 3.05) is 7.11 Å². The van der Waals surface area contributed by atoms with E-state index in [1.165, 1.54) is 11.3 Å². The van der Waals surface area contributed by atoms with E-state index in [0.29, 0.717) is 10.6 Å². The minimum absolute atomic E-state index is 0.111. The number of aromatic nitrogens is 2. The third-order valence-electron chi connectivity index (χ3n) is 6.29. The molecule has 0 radical (unpaired) electrons. The Bertz CT molecular complexity index is 1140. The number of hydrogen-bond donors (Lipinski definition) is 3. The van der Waals surface area contributed by atoms with Crippen molar-refractivity contribution in [3.63, 3.8) is 0 Å². The highest BCUT2D eigenvalue weighted by atomic mass is 32.2. The Labute approximate surface area is 187 Å². The van der Waals surface area contributed by atoms with Crippen molar-refractivity contribution in [3.8, 4) is 17.0 Å². The number of nitrogens with one attached hydrogen (secondary N) is 1. The number of fused-ring (bicyclic) bond motifs is 1. The first kappa shape index (κ1) is 21.1. The standard InChI is InChI=1S/C22H27N3O4S2/c1-13-20(25-12-19(22(27)9-10-22)30-21(25)23-13)14-3-8-17(29-2)18(11-14)31(28)24-15-4-6-16(26)7-5-15/h3,8,11-12,15-16,24,26-27H,4-7,9-10H2,1-2H3. The van der Waals surface area contributed by atoms with Crippen LogP contribution in [-0.4, -0.2) is 43.1 Å². The van der Waals surface area contributed by atoms with E-state index in [1.807, 2.05) is 35.7 Å². The number of rotatable bonds is 6. The lowest BCUT2D eigenvalue weighted by Crippen LogP contribution is -2.35. The van der Waals surface area contributed by atoms with Crippen LogP contribution < -0.4 is 9.46 Å². The zero-order chi connectivity index (χ0) is 21.8. The summed E-state index contributed by atoms with van der Waals surface area (Å²) in [4.78, 5) is 7.07. The van der Waals surface area contributed by atoms with E-state index in [0.717, 1.165) is 65.3 Å². The summed E-state index contributed by atoms with van der Waals surface area (Å²) in [6.07, 6.45) is 6.38. The van der Waals surface area contributed by atoms with Gasteiger partial charge in [0, 0.05) is 17.8 Å². The number of methoxy groups -OCH3 is 1. The zero-order valence-electron chi connectivity index (χ0n) is 17.6. The number of nitrogens with zero attached hydrogens (tertiary/aromatic N) is 2. The first-order valence-corrected chi connectivity index (χ1v) is 12.6. The fourth-order valence-electron chi connectivity index (χ4n) is 4.26. The monoisotopic (exact) mass is 461 g/mol. The summed E-state index contributed by atoms with van der Waals surface area (Å²) in [7, 11) is 0.141. The number of benzene rings is 1. The summed E-state index contributed by atoms with van der Waals surface area (Å²) >= 11 is 1.52. The van der Waals surface area contributed by atoms with Crippen LogP contribution in [0.15, 0.2) is 29.3 Å². The van der Waals surface area contributed by atoms with Crippen molar-refractivity contribution >= 4 is 27.3 Å². The van der Waals surface area contributed by atoms with E-state index in [-0.39, 0.29) is 12.1 Å². The van der Waals surface area contributed by atoms with E-state index in [1.54, 1.807) is 7.11 Å². The van der Waals surface area contributed by atoms with Crippen molar-refractivity contribution < 1.29 is 19.2 Å². The van der Waals surface area contributed by atoms with E-state index in [9.17, 15) is 14.4 Å². The van der Waals surface area contributed by atoms with Crippen LogP contribution in [0.5, 0.6) is 5.75 Å². The Morgan fingerprint density at radius 1 is 1.29 bits per heavy atom. The predicted octanol–water partition coefficient (Wildman–Crippen LogP) is 3.28. The molecule has 9 heteroatoms. The van der Waals surface area contributed by atoms with Crippen molar-refractivity contribution in [3.05, 3.63) is 35.0 Å². The van der Waals surface area contributed by atoms with Gasteiger partial charge in [-0.3, -0.25) is 4.40 Å². The largest absolute Gasteiger partial charge is 0.495 e. The molecule has 7 nitrogen and oxygen atoms in total. The molecule has 2 fully saturated rings. The average molecular weight is 462 g/mol. The van der Waals surface area contributed by atoms with Gasteiger partial charge in [-0.05, 0) is 63.6 Å². The third kappa shape index (κ3) is 3.93. The second-order valence-electron chi connectivity index (χ2n) is 8.58. The molecule has 1 unspecified atom stereocenters. The number of hydrogen-bond acceptors (Lipinski definition) is 6. The van der Waals surface area contributed by atoms with Gasteiger partial charge in [-0.2, -0.15) is 0 Å². The van der Waals surface area contributed by atoms with E-state index < -0.39 is 16.6 Å². The van der Waals surface area contributed by atoms with Crippen LogP contribution in [0.3, 0.4) is 0 Å². The number of thiazole rings is 1. The summed E-state index contributed by atoms with van der Waals surface area (Å²) < 4.78 is 23.9. The highest BCUT2D eigenvalue weighted by molar-refractivity contribution is 7.83. The molecule has 0 aliphatic heterocycles. The molecule has 0 amide bonds. The molecular weight excluding hydrogens is 434 g/mol. The predicted molar refractivity (Wildman–Crippen MR) is 121 cm³/mol. The highest BCUT2D eigenvalue weighted by Gasteiger charge is 2.44. The van der Waals surface area contributed by atoms with Crippen LogP contribution >= 0.6 is 11.3 Å². The molecule has 3 N–H and O–H groups in total. The fraction of sp³-hybridized carbons (Fsp3) is 0.500. The van der Waals surface area contributed by atoms with Crippen LogP contribution in [0.4, 0.5) is 0 Å². The maximum Gasteiger partial charge on any atom is 0.194 e. The molecule has 0 spiro atoms. The number of imidazole rings is 1. The molecule has 2 saturated carbocycles. The second kappa shape index (κ2) is 7.97. The van der Waals surface area contributed by atoms with Gasteiger partial charge in [-0.25, -0.2) is 13.9 Å². The van der Waals surface area contributed by atoms with Gasteiger partial charge in [0.15, 0.2) is 4.96 Å². The molecular formula is C22H27N3O4S2. The average Bonchev–Trinajstić information content (AvgIpc) is 3.25. The van der Waals surface area contributed by atoms with Gasteiger partial charge in [0.1, 0.15) is 22.3 Å². The molecule has 31 heavy (non-hydrogen) atoms. The smallest absolute Gasteiger partial charge is 0.194 e. The minimum atomic E-state index is -1.44. The lowest BCUT2D eigenvalue weighted by molar-refractivity contribution is 0.121. The molecule has 1 atom stereocenters. The van der Waals surface area contributed by atoms with Gasteiger partial charge in [0.25, 0.3) is 0 Å². The van der Waals surface area contributed by atoms with E-state index >= 15 is 0 Å². The number of aryl methyl sites for hydroxylation is 1. The van der Waals surface area contributed by atoms with Gasteiger partial charge in [0.05, 0.1) is 34.4 Å². The quantitative estimate of drug-likeness (QED) is 0.524. The van der Waals surface area contributed by atoms with Gasteiger partial charge in [0.2, 0.25) is 0 Å². The molecule has 0 saturated heterocycles. The molecule has 166 valence electrons. The lowest BCUT2D eigenvalue weighted by Gasteiger charge is -2.26. The van der Waals surface area contributed by atoms with Crippen molar-refractivity contribution in [1.82, 2.24) is 14.1 Å². The molecule has 0 bridgehead atoms. The molecule has 2 aliphatic carbocycles. The molecule has 2 heterocycles. The topological polar surface area (TPSA) is 96.1 Å². The van der Waals surface area contributed by atoms with E-state index in [2.05, 4.69) is 4.72 Å². The maximum atomic E-state index is 13.2. The van der Waals surface area contributed by atoms with Gasteiger partial charge < -0.3 is 14.9 Å². The van der Waals surface area contributed by atoms with Crippen LogP contribution in [0.2, 0.25) is 0 Å². The minimum Gasteiger partial charge on any atom is -0.495 e. The highest BCUT2D eigenvalue weighted by Crippen LogP contribution is 2.48.